The highest BCUT2D eigenvalue weighted by Gasteiger charge is 2.28. The molecule has 1 amide bonds. The van der Waals surface area contributed by atoms with Gasteiger partial charge in [-0.3, -0.25) is 14.7 Å². The number of carbonyl (C=O) groups excluding carboxylic acids is 1. The molecule has 2 atom stereocenters. The number of carbonyl (C=O) groups is 1. The molecular weight excluding hydrogens is 374 g/mol. The lowest BCUT2D eigenvalue weighted by Gasteiger charge is -2.31. The van der Waals surface area contributed by atoms with Crippen molar-refractivity contribution in [2.45, 2.75) is 59.2 Å². The van der Waals surface area contributed by atoms with Gasteiger partial charge < -0.3 is 15.5 Å². The Bertz CT molecular complexity index is 732. The fourth-order valence-electron chi connectivity index (χ4n) is 4.57. The van der Waals surface area contributed by atoms with Gasteiger partial charge in [0.2, 0.25) is 5.91 Å². The lowest BCUT2D eigenvalue weighted by molar-refractivity contribution is -0.133. The Hall–Kier alpha value is -2.08. The van der Waals surface area contributed by atoms with Gasteiger partial charge in [0.25, 0.3) is 0 Å². The molecule has 166 valence electrons. The third-order valence-corrected chi connectivity index (χ3v) is 6.26. The normalized spacial score (nSPS) is 23.1. The second-order valence-corrected chi connectivity index (χ2v) is 9.25. The molecule has 2 aliphatic heterocycles. The molecule has 6 heteroatoms. The number of likely N-dealkylation sites (tertiary alicyclic amines) is 2. The maximum absolute atomic E-state index is 12.2. The Morgan fingerprint density at radius 1 is 1.17 bits per heavy atom. The van der Waals surface area contributed by atoms with Crippen molar-refractivity contribution in [3.8, 4) is 0 Å². The summed E-state index contributed by atoms with van der Waals surface area (Å²) < 4.78 is 0. The van der Waals surface area contributed by atoms with Crippen molar-refractivity contribution in [2.24, 2.45) is 16.8 Å². The maximum Gasteiger partial charge on any atom is 0.225 e. The van der Waals surface area contributed by atoms with Gasteiger partial charge in [0.1, 0.15) is 0 Å². The fourth-order valence-corrected chi connectivity index (χ4v) is 4.57. The molecule has 2 unspecified atom stereocenters. The highest BCUT2D eigenvalue weighted by Crippen LogP contribution is 2.19. The molecule has 6 nitrogen and oxygen atoms in total. The molecule has 2 heterocycles. The first kappa shape index (κ1) is 22.6. The van der Waals surface area contributed by atoms with Crippen molar-refractivity contribution in [3.63, 3.8) is 0 Å². The molecule has 30 heavy (non-hydrogen) atoms. The highest BCUT2D eigenvalue weighted by molar-refractivity contribution is 5.81. The first-order valence-electron chi connectivity index (χ1n) is 11.5. The van der Waals surface area contributed by atoms with Gasteiger partial charge in [-0.15, -0.1) is 0 Å². The summed E-state index contributed by atoms with van der Waals surface area (Å²) in [5.41, 5.74) is 2.71. The number of rotatable bonds is 6. The van der Waals surface area contributed by atoms with Crippen molar-refractivity contribution in [1.29, 1.82) is 0 Å². The zero-order valence-electron chi connectivity index (χ0n) is 19.2. The van der Waals surface area contributed by atoms with Crippen LogP contribution >= 0.6 is 0 Å². The highest BCUT2D eigenvalue weighted by atomic mass is 16.2. The average Bonchev–Trinajstić information content (AvgIpc) is 3.20. The van der Waals surface area contributed by atoms with Gasteiger partial charge in [0.15, 0.2) is 5.96 Å². The molecule has 1 aromatic rings. The third kappa shape index (κ3) is 6.21. The summed E-state index contributed by atoms with van der Waals surface area (Å²) in [6, 6.07) is 8.96. The molecule has 3 rings (SSSR count). The number of aliphatic imine (C=N–C) groups is 1. The van der Waals surface area contributed by atoms with Crippen LogP contribution in [-0.4, -0.2) is 60.9 Å². The predicted molar refractivity (Wildman–Crippen MR) is 123 cm³/mol. The van der Waals surface area contributed by atoms with Crippen LogP contribution in [0, 0.1) is 11.8 Å². The smallest absolute Gasteiger partial charge is 0.225 e. The SMILES string of the molecule is CN=C(NCc1ccccc1CN1CCCC(C)C1)NC1CCN(C(=O)C(C)C)C1. The van der Waals surface area contributed by atoms with E-state index in [2.05, 4.69) is 51.7 Å². The lowest BCUT2D eigenvalue weighted by Crippen LogP contribution is -2.45. The van der Waals surface area contributed by atoms with E-state index in [-0.39, 0.29) is 17.9 Å². The van der Waals surface area contributed by atoms with Gasteiger partial charge in [-0.2, -0.15) is 0 Å². The van der Waals surface area contributed by atoms with Crippen LogP contribution in [0.2, 0.25) is 0 Å². The Morgan fingerprint density at radius 2 is 1.93 bits per heavy atom. The summed E-state index contributed by atoms with van der Waals surface area (Å²) in [6.45, 7) is 12.0. The molecule has 2 fully saturated rings. The van der Waals surface area contributed by atoms with Gasteiger partial charge in [0, 0.05) is 51.7 Å². The van der Waals surface area contributed by atoms with E-state index < -0.39 is 0 Å². The first-order valence-corrected chi connectivity index (χ1v) is 11.5. The summed E-state index contributed by atoms with van der Waals surface area (Å²) in [7, 11) is 1.81. The minimum atomic E-state index is 0.0561. The summed E-state index contributed by atoms with van der Waals surface area (Å²) in [6.07, 6.45) is 3.61. The Balaban J connectivity index is 1.52. The monoisotopic (exact) mass is 413 g/mol. The quantitative estimate of drug-likeness (QED) is 0.556. The molecule has 0 aromatic heterocycles. The standard InChI is InChI=1S/C24H39N5O/c1-18(2)23(30)29-13-11-22(17-29)27-24(25-4)26-14-20-9-5-6-10-21(20)16-28-12-7-8-19(3)15-28/h5-6,9-10,18-19,22H,7-8,11-17H2,1-4H3,(H2,25,26,27). The van der Waals surface area contributed by atoms with Gasteiger partial charge in [0.05, 0.1) is 0 Å². The summed E-state index contributed by atoms with van der Waals surface area (Å²) >= 11 is 0. The summed E-state index contributed by atoms with van der Waals surface area (Å²) in [4.78, 5) is 21.2. The maximum atomic E-state index is 12.2. The van der Waals surface area contributed by atoms with Crippen LogP contribution in [0.3, 0.4) is 0 Å². The van der Waals surface area contributed by atoms with E-state index in [4.69, 9.17) is 0 Å². The van der Waals surface area contributed by atoms with Crippen LogP contribution in [0.25, 0.3) is 0 Å². The second-order valence-electron chi connectivity index (χ2n) is 9.25. The number of nitrogens with zero attached hydrogens (tertiary/aromatic N) is 3. The van der Waals surface area contributed by atoms with E-state index in [0.717, 1.165) is 44.5 Å². The number of benzene rings is 1. The summed E-state index contributed by atoms with van der Waals surface area (Å²) in [5, 5.41) is 6.98. The first-order chi connectivity index (χ1) is 14.5. The van der Waals surface area contributed by atoms with Crippen LogP contribution in [-0.2, 0) is 17.9 Å². The van der Waals surface area contributed by atoms with Crippen LogP contribution in [0.15, 0.2) is 29.3 Å². The number of nitrogens with one attached hydrogen (secondary N) is 2. The molecule has 1 aromatic carbocycles. The van der Waals surface area contributed by atoms with Gasteiger partial charge in [-0.05, 0) is 42.9 Å². The van der Waals surface area contributed by atoms with Gasteiger partial charge in [-0.1, -0.05) is 45.0 Å². The van der Waals surface area contributed by atoms with Crippen LogP contribution in [0.4, 0.5) is 0 Å². The van der Waals surface area contributed by atoms with E-state index in [9.17, 15) is 4.79 Å². The van der Waals surface area contributed by atoms with E-state index in [1.165, 1.54) is 37.1 Å². The van der Waals surface area contributed by atoms with E-state index >= 15 is 0 Å². The molecule has 0 radical (unpaired) electrons. The number of hydrogen-bond donors (Lipinski definition) is 2. The van der Waals surface area contributed by atoms with Gasteiger partial charge >= 0.3 is 0 Å². The molecule has 2 N–H and O–H groups in total. The topological polar surface area (TPSA) is 60.0 Å². The van der Waals surface area contributed by atoms with Crippen molar-refractivity contribution in [2.75, 3.05) is 33.2 Å². The average molecular weight is 414 g/mol. The molecule has 2 aliphatic rings. The molecule has 0 spiro atoms. The Morgan fingerprint density at radius 3 is 2.63 bits per heavy atom. The largest absolute Gasteiger partial charge is 0.352 e. The van der Waals surface area contributed by atoms with E-state index in [1.54, 1.807) is 0 Å². The zero-order valence-corrected chi connectivity index (χ0v) is 19.2. The van der Waals surface area contributed by atoms with Gasteiger partial charge in [-0.25, -0.2) is 0 Å². The van der Waals surface area contributed by atoms with Crippen molar-refractivity contribution in [3.05, 3.63) is 35.4 Å². The van der Waals surface area contributed by atoms with E-state index in [1.807, 2.05) is 25.8 Å². The number of piperidine rings is 1. The summed E-state index contributed by atoms with van der Waals surface area (Å²) in [5.74, 6) is 1.89. The molecule has 0 bridgehead atoms. The number of guanidine groups is 1. The minimum absolute atomic E-state index is 0.0561. The predicted octanol–water partition coefficient (Wildman–Crippen LogP) is 2.84. The van der Waals surface area contributed by atoms with Crippen LogP contribution in [0.5, 0.6) is 0 Å². The number of amides is 1. The fraction of sp³-hybridized carbons (Fsp3) is 0.667. The van der Waals surface area contributed by atoms with Crippen LogP contribution in [0.1, 0.15) is 51.2 Å². The zero-order chi connectivity index (χ0) is 21.5. The van der Waals surface area contributed by atoms with E-state index in [0.29, 0.717) is 0 Å². The molecule has 0 saturated carbocycles. The Labute approximate surface area is 182 Å². The number of hydrogen-bond acceptors (Lipinski definition) is 3. The third-order valence-electron chi connectivity index (χ3n) is 6.26. The van der Waals surface area contributed by atoms with Crippen molar-refractivity contribution >= 4 is 11.9 Å². The molecule has 0 aliphatic carbocycles. The molecule has 2 saturated heterocycles. The molecular formula is C24H39N5O. The van der Waals surface area contributed by atoms with Crippen molar-refractivity contribution in [1.82, 2.24) is 20.4 Å². The Kier molecular flexibility index (Phi) is 8.14. The minimum Gasteiger partial charge on any atom is -0.352 e. The lowest BCUT2D eigenvalue weighted by atomic mass is 9.99. The second kappa shape index (κ2) is 10.8. The van der Waals surface area contributed by atoms with Crippen LogP contribution < -0.4 is 10.6 Å². The van der Waals surface area contributed by atoms with Crippen molar-refractivity contribution < 1.29 is 4.79 Å².